The Morgan fingerprint density at radius 3 is 2.63 bits per heavy atom. The second kappa shape index (κ2) is 5.86. The van der Waals surface area contributed by atoms with Crippen molar-refractivity contribution in [3.05, 3.63) is 38.9 Å². The summed E-state index contributed by atoms with van der Waals surface area (Å²) in [6, 6.07) is 4.56. The van der Waals surface area contributed by atoms with Crippen LogP contribution in [0.1, 0.15) is 19.4 Å². The van der Waals surface area contributed by atoms with Crippen molar-refractivity contribution in [3.8, 4) is 0 Å². The molecule has 1 aromatic rings. The third-order valence-electron chi connectivity index (χ3n) is 3.13. The van der Waals surface area contributed by atoms with Gasteiger partial charge in [-0.05, 0) is 25.5 Å². The summed E-state index contributed by atoms with van der Waals surface area (Å²) in [4.78, 5) is 12.6. The van der Waals surface area contributed by atoms with Gasteiger partial charge >= 0.3 is 0 Å². The second-order valence-electron chi connectivity index (χ2n) is 4.98. The van der Waals surface area contributed by atoms with Gasteiger partial charge in [-0.1, -0.05) is 11.6 Å². The molecule has 1 aliphatic rings. The summed E-state index contributed by atoms with van der Waals surface area (Å²) in [5.41, 5.74) is 0.867. The Bertz CT molecular complexity index is 471. The average molecular weight is 285 g/mol. The number of benzene rings is 1. The van der Waals surface area contributed by atoms with Gasteiger partial charge in [0.2, 0.25) is 0 Å². The lowest BCUT2D eigenvalue weighted by Crippen LogP contribution is -2.44. The predicted molar refractivity (Wildman–Crippen MR) is 73.4 cm³/mol. The number of non-ortho nitro benzene ring substituents is 1. The van der Waals surface area contributed by atoms with Gasteiger partial charge < -0.3 is 4.74 Å². The molecule has 0 amide bonds. The third-order valence-corrected chi connectivity index (χ3v) is 3.50. The molecule has 5 nitrogen and oxygen atoms in total. The Hall–Kier alpha value is -1.17. The van der Waals surface area contributed by atoms with Crippen LogP contribution in [0.2, 0.25) is 5.02 Å². The monoisotopic (exact) mass is 284 g/mol. The summed E-state index contributed by atoms with van der Waals surface area (Å²) < 4.78 is 5.66. The molecule has 2 rings (SSSR count). The van der Waals surface area contributed by atoms with E-state index in [1.54, 1.807) is 12.1 Å². The third kappa shape index (κ3) is 3.65. The molecular formula is C13H17ClN2O3. The maximum Gasteiger partial charge on any atom is 0.269 e. The van der Waals surface area contributed by atoms with Crippen LogP contribution in [-0.4, -0.2) is 35.1 Å². The molecule has 0 N–H and O–H groups in total. The van der Waals surface area contributed by atoms with Crippen molar-refractivity contribution in [2.45, 2.75) is 32.6 Å². The highest BCUT2D eigenvalue weighted by molar-refractivity contribution is 6.31. The van der Waals surface area contributed by atoms with Crippen molar-refractivity contribution in [2.75, 3.05) is 13.1 Å². The van der Waals surface area contributed by atoms with Gasteiger partial charge in [-0.2, -0.15) is 0 Å². The van der Waals surface area contributed by atoms with Gasteiger partial charge in [0.05, 0.1) is 17.1 Å². The fraction of sp³-hybridized carbons (Fsp3) is 0.538. The molecule has 1 aromatic carbocycles. The van der Waals surface area contributed by atoms with Gasteiger partial charge in [-0.25, -0.2) is 0 Å². The van der Waals surface area contributed by atoms with Gasteiger partial charge in [0, 0.05) is 36.8 Å². The Morgan fingerprint density at radius 1 is 1.42 bits per heavy atom. The van der Waals surface area contributed by atoms with Crippen LogP contribution in [0.4, 0.5) is 5.69 Å². The van der Waals surface area contributed by atoms with Crippen LogP contribution in [0.15, 0.2) is 18.2 Å². The SMILES string of the molecule is CC1CN(Cc2cc([N+](=O)[O-])ccc2Cl)CC(C)O1. The minimum atomic E-state index is -0.398. The van der Waals surface area contributed by atoms with Crippen LogP contribution in [0, 0.1) is 10.1 Å². The maximum atomic E-state index is 10.8. The normalized spacial score (nSPS) is 24.4. The first-order chi connectivity index (χ1) is 8.95. The second-order valence-corrected chi connectivity index (χ2v) is 5.39. The van der Waals surface area contributed by atoms with Gasteiger partial charge in [0.25, 0.3) is 5.69 Å². The molecule has 0 aliphatic carbocycles. The summed E-state index contributed by atoms with van der Waals surface area (Å²) in [7, 11) is 0. The molecule has 6 heteroatoms. The van der Waals surface area contributed by atoms with Crippen molar-refractivity contribution in [3.63, 3.8) is 0 Å². The number of halogens is 1. The minimum absolute atomic E-state index is 0.0776. The summed E-state index contributed by atoms with van der Waals surface area (Å²) >= 11 is 6.11. The number of nitro benzene ring substituents is 1. The van der Waals surface area contributed by atoms with Gasteiger partial charge in [0.1, 0.15) is 0 Å². The standard InChI is InChI=1S/C13H17ClN2O3/c1-9-6-15(7-10(2)19-9)8-11-5-12(16(17)18)3-4-13(11)14/h3-5,9-10H,6-8H2,1-2H3. The van der Waals surface area contributed by atoms with Crippen LogP contribution >= 0.6 is 11.6 Å². The zero-order valence-electron chi connectivity index (χ0n) is 11.0. The van der Waals surface area contributed by atoms with E-state index in [1.165, 1.54) is 6.07 Å². The first-order valence-electron chi connectivity index (χ1n) is 6.26. The number of hydrogen-bond acceptors (Lipinski definition) is 4. The van der Waals surface area contributed by atoms with Crippen LogP contribution in [0.25, 0.3) is 0 Å². The van der Waals surface area contributed by atoms with Crippen molar-refractivity contribution in [2.24, 2.45) is 0 Å². The minimum Gasteiger partial charge on any atom is -0.373 e. The predicted octanol–water partition coefficient (Wildman–Crippen LogP) is 2.86. The Kier molecular flexibility index (Phi) is 4.39. The lowest BCUT2D eigenvalue weighted by atomic mass is 10.1. The molecule has 1 fully saturated rings. The van der Waals surface area contributed by atoms with Crippen LogP contribution < -0.4 is 0 Å². The number of ether oxygens (including phenoxy) is 1. The molecule has 19 heavy (non-hydrogen) atoms. The van der Waals surface area contributed by atoms with E-state index < -0.39 is 4.92 Å². The van der Waals surface area contributed by atoms with Gasteiger partial charge in [-0.15, -0.1) is 0 Å². The fourth-order valence-electron chi connectivity index (χ4n) is 2.45. The molecule has 2 unspecified atom stereocenters. The van der Waals surface area contributed by atoms with E-state index in [9.17, 15) is 10.1 Å². The zero-order chi connectivity index (χ0) is 14.0. The van der Waals surface area contributed by atoms with E-state index >= 15 is 0 Å². The molecule has 0 spiro atoms. The molecule has 1 aliphatic heterocycles. The number of hydrogen-bond donors (Lipinski definition) is 0. The largest absolute Gasteiger partial charge is 0.373 e. The van der Waals surface area contributed by atoms with Crippen LogP contribution in [-0.2, 0) is 11.3 Å². The van der Waals surface area contributed by atoms with Crippen LogP contribution in [0.3, 0.4) is 0 Å². The Morgan fingerprint density at radius 2 is 2.05 bits per heavy atom. The average Bonchev–Trinajstić information content (AvgIpc) is 2.30. The molecule has 2 atom stereocenters. The first-order valence-corrected chi connectivity index (χ1v) is 6.64. The van der Waals surface area contributed by atoms with Crippen molar-refractivity contribution < 1.29 is 9.66 Å². The number of nitro groups is 1. The summed E-state index contributed by atoms with van der Waals surface area (Å²) in [6.07, 6.45) is 0.336. The molecule has 0 radical (unpaired) electrons. The number of rotatable bonds is 3. The number of morpholine rings is 1. The Balaban J connectivity index is 2.13. The molecule has 0 bridgehead atoms. The maximum absolute atomic E-state index is 10.8. The van der Waals surface area contributed by atoms with E-state index in [-0.39, 0.29) is 17.9 Å². The summed E-state index contributed by atoms with van der Waals surface area (Å²) in [5.74, 6) is 0. The fourth-order valence-corrected chi connectivity index (χ4v) is 2.63. The van der Waals surface area contributed by atoms with Crippen molar-refractivity contribution in [1.82, 2.24) is 4.90 Å². The van der Waals surface area contributed by atoms with E-state index in [0.29, 0.717) is 11.6 Å². The van der Waals surface area contributed by atoms with E-state index in [4.69, 9.17) is 16.3 Å². The van der Waals surface area contributed by atoms with E-state index in [0.717, 1.165) is 18.7 Å². The molecular weight excluding hydrogens is 268 g/mol. The topological polar surface area (TPSA) is 55.6 Å². The smallest absolute Gasteiger partial charge is 0.269 e. The molecule has 0 saturated carbocycles. The summed E-state index contributed by atoms with van der Waals surface area (Å²) in [5, 5.41) is 11.4. The number of nitrogens with zero attached hydrogens (tertiary/aromatic N) is 2. The molecule has 1 heterocycles. The highest BCUT2D eigenvalue weighted by Crippen LogP contribution is 2.24. The molecule has 1 saturated heterocycles. The van der Waals surface area contributed by atoms with E-state index in [1.807, 2.05) is 13.8 Å². The quantitative estimate of drug-likeness (QED) is 0.633. The summed E-state index contributed by atoms with van der Waals surface area (Å²) in [6.45, 7) is 6.28. The van der Waals surface area contributed by atoms with Gasteiger partial charge in [-0.3, -0.25) is 15.0 Å². The van der Waals surface area contributed by atoms with E-state index in [2.05, 4.69) is 4.90 Å². The highest BCUT2D eigenvalue weighted by Gasteiger charge is 2.23. The lowest BCUT2D eigenvalue weighted by molar-refractivity contribution is -0.384. The zero-order valence-corrected chi connectivity index (χ0v) is 11.8. The van der Waals surface area contributed by atoms with Crippen molar-refractivity contribution >= 4 is 17.3 Å². The lowest BCUT2D eigenvalue weighted by Gasteiger charge is -2.35. The first kappa shape index (κ1) is 14.2. The van der Waals surface area contributed by atoms with Crippen molar-refractivity contribution in [1.29, 1.82) is 0 Å². The Labute approximate surface area is 117 Å². The molecule has 104 valence electrons. The van der Waals surface area contributed by atoms with Gasteiger partial charge in [0.15, 0.2) is 0 Å². The highest BCUT2D eigenvalue weighted by atomic mass is 35.5. The van der Waals surface area contributed by atoms with Crippen LogP contribution in [0.5, 0.6) is 0 Å². The molecule has 0 aromatic heterocycles.